The molecule has 0 saturated heterocycles. The molecule has 0 bridgehead atoms. The van der Waals surface area contributed by atoms with Gasteiger partial charge in [0.2, 0.25) is 15.8 Å². The largest absolute Gasteiger partial charge is 0.475 e. The quantitative estimate of drug-likeness (QED) is 0.741. The molecule has 8 nitrogen and oxygen atoms in total. The monoisotopic (exact) mass is 313 g/mol. The first kappa shape index (κ1) is 15.3. The number of nitrogens with one attached hydrogen (secondary N) is 2. The van der Waals surface area contributed by atoms with Crippen molar-refractivity contribution in [3.8, 4) is 0 Å². The van der Waals surface area contributed by atoms with Gasteiger partial charge >= 0.3 is 5.97 Å². The highest BCUT2D eigenvalue weighted by Gasteiger charge is 2.27. The van der Waals surface area contributed by atoms with E-state index in [1.807, 2.05) is 0 Å². The Morgan fingerprint density at radius 3 is 2.76 bits per heavy atom. The Labute approximate surface area is 121 Å². The first-order valence-corrected chi connectivity index (χ1v) is 7.68. The number of hydrogen-bond donors (Lipinski definition) is 3. The minimum Gasteiger partial charge on any atom is -0.475 e. The number of hydrogen-bond acceptors (Lipinski definition) is 5. The number of sulfonamides is 1. The lowest BCUT2D eigenvalue weighted by Gasteiger charge is -2.14. The Bertz CT molecular complexity index is 733. The Hall–Kier alpha value is -2.13. The predicted octanol–water partition coefficient (Wildman–Crippen LogP) is 1.44. The van der Waals surface area contributed by atoms with Crippen LogP contribution in [0.5, 0.6) is 0 Å². The molecule has 2 heterocycles. The number of aromatic carboxylic acids is 1. The van der Waals surface area contributed by atoms with Gasteiger partial charge in [-0.1, -0.05) is 6.92 Å². The van der Waals surface area contributed by atoms with E-state index < -0.39 is 27.8 Å². The molecule has 2 rings (SSSR count). The Kier molecular flexibility index (Phi) is 4.14. The van der Waals surface area contributed by atoms with Crippen LogP contribution in [0, 0.1) is 6.92 Å². The molecule has 0 aliphatic rings. The number of carboxylic acid groups (broad SMARTS) is 1. The number of aryl methyl sites for hydroxylation is 1. The van der Waals surface area contributed by atoms with Gasteiger partial charge in [0, 0.05) is 18.5 Å². The van der Waals surface area contributed by atoms with Crippen LogP contribution in [-0.4, -0.2) is 29.5 Å². The normalized spacial score (nSPS) is 13.2. The highest BCUT2D eigenvalue weighted by molar-refractivity contribution is 7.89. The van der Waals surface area contributed by atoms with Gasteiger partial charge in [-0.3, -0.25) is 0 Å². The molecule has 0 saturated carbocycles. The molecule has 2 aromatic rings. The number of rotatable bonds is 6. The fraction of sp³-hybridized carbons (Fsp3) is 0.333. The third-order valence-corrected chi connectivity index (χ3v) is 4.51. The molecule has 1 unspecified atom stereocenters. The van der Waals surface area contributed by atoms with E-state index in [0.717, 1.165) is 6.07 Å². The fourth-order valence-electron chi connectivity index (χ4n) is 1.89. The molecule has 3 N–H and O–H groups in total. The molecule has 0 fully saturated rings. The number of carbonyl (C=O) groups is 1. The van der Waals surface area contributed by atoms with E-state index in [1.54, 1.807) is 13.1 Å². The van der Waals surface area contributed by atoms with Crippen LogP contribution >= 0.6 is 0 Å². The first-order valence-electron chi connectivity index (χ1n) is 6.20. The van der Waals surface area contributed by atoms with E-state index in [9.17, 15) is 13.2 Å². The average Bonchev–Trinajstić information content (AvgIpc) is 3.05. The van der Waals surface area contributed by atoms with E-state index in [0.29, 0.717) is 12.2 Å². The molecule has 0 amide bonds. The summed E-state index contributed by atoms with van der Waals surface area (Å²) in [6.45, 7) is 3.20. The maximum absolute atomic E-state index is 12.3. The van der Waals surface area contributed by atoms with Crippen molar-refractivity contribution in [3.05, 3.63) is 35.8 Å². The van der Waals surface area contributed by atoms with Crippen molar-refractivity contribution in [1.29, 1.82) is 0 Å². The molecule has 0 aliphatic heterocycles. The summed E-state index contributed by atoms with van der Waals surface area (Å²) in [5.41, 5.74) is 0. The van der Waals surface area contributed by atoms with Crippen LogP contribution in [0.3, 0.4) is 0 Å². The standard InChI is InChI=1S/C12H15N3O5S/c1-3-8(11-13-4-5-14-11)15-21(18,19)10-6-9(12(16)17)20-7(10)2/h4-6,8,15H,3H2,1-2H3,(H,13,14)(H,16,17). The second-order valence-electron chi connectivity index (χ2n) is 4.39. The molecule has 0 spiro atoms. The van der Waals surface area contributed by atoms with Crippen LogP contribution in [0.15, 0.2) is 27.8 Å². The lowest BCUT2D eigenvalue weighted by Crippen LogP contribution is -2.29. The van der Waals surface area contributed by atoms with Gasteiger partial charge in [0.1, 0.15) is 16.5 Å². The molecule has 1 atom stereocenters. The Morgan fingerprint density at radius 1 is 1.57 bits per heavy atom. The maximum atomic E-state index is 12.3. The molecular formula is C12H15N3O5S. The van der Waals surface area contributed by atoms with Crippen LogP contribution in [0.4, 0.5) is 0 Å². The highest BCUT2D eigenvalue weighted by Crippen LogP contribution is 2.23. The number of aromatic amines is 1. The van der Waals surface area contributed by atoms with Gasteiger partial charge in [-0.2, -0.15) is 0 Å². The number of carboxylic acids is 1. The van der Waals surface area contributed by atoms with Crippen molar-refractivity contribution in [2.24, 2.45) is 0 Å². The Morgan fingerprint density at radius 2 is 2.29 bits per heavy atom. The van der Waals surface area contributed by atoms with Gasteiger partial charge in [0.15, 0.2) is 0 Å². The second kappa shape index (κ2) is 5.70. The molecular weight excluding hydrogens is 298 g/mol. The third-order valence-electron chi connectivity index (χ3n) is 2.93. The molecule has 0 aromatic carbocycles. The zero-order chi connectivity index (χ0) is 15.6. The van der Waals surface area contributed by atoms with Crippen molar-refractivity contribution < 1.29 is 22.7 Å². The summed E-state index contributed by atoms with van der Waals surface area (Å²) in [7, 11) is -3.91. The Balaban J connectivity index is 2.32. The summed E-state index contributed by atoms with van der Waals surface area (Å²) < 4.78 is 32.1. The van der Waals surface area contributed by atoms with E-state index in [4.69, 9.17) is 9.52 Å². The van der Waals surface area contributed by atoms with Crippen molar-refractivity contribution in [1.82, 2.24) is 14.7 Å². The van der Waals surface area contributed by atoms with Gasteiger partial charge in [0.25, 0.3) is 0 Å². The summed E-state index contributed by atoms with van der Waals surface area (Å²) in [4.78, 5) is 17.5. The molecule has 0 radical (unpaired) electrons. The fourth-order valence-corrected chi connectivity index (χ4v) is 3.35. The van der Waals surface area contributed by atoms with Crippen LogP contribution in [0.1, 0.15) is 41.5 Å². The number of furan rings is 1. The summed E-state index contributed by atoms with van der Waals surface area (Å²) in [6.07, 6.45) is 3.60. The molecule has 2 aromatic heterocycles. The van der Waals surface area contributed by atoms with E-state index >= 15 is 0 Å². The highest BCUT2D eigenvalue weighted by atomic mass is 32.2. The number of aromatic nitrogens is 2. The average molecular weight is 313 g/mol. The minimum atomic E-state index is -3.91. The molecule has 114 valence electrons. The first-order chi connectivity index (χ1) is 9.85. The summed E-state index contributed by atoms with van der Waals surface area (Å²) in [5.74, 6) is -1.23. The van der Waals surface area contributed by atoms with Gasteiger partial charge in [-0.25, -0.2) is 22.9 Å². The zero-order valence-electron chi connectivity index (χ0n) is 11.5. The summed E-state index contributed by atoms with van der Waals surface area (Å²) >= 11 is 0. The topological polar surface area (TPSA) is 125 Å². The van der Waals surface area contributed by atoms with Gasteiger partial charge in [0.05, 0.1) is 6.04 Å². The predicted molar refractivity (Wildman–Crippen MR) is 72.3 cm³/mol. The van der Waals surface area contributed by atoms with Gasteiger partial charge < -0.3 is 14.5 Å². The molecule has 0 aliphatic carbocycles. The van der Waals surface area contributed by atoms with Crippen LogP contribution in [0.25, 0.3) is 0 Å². The minimum absolute atomic E-state index is 0.0224. The maximum Gasteiger partial charge on any atom is 0.371 e. The zero-order valence-corrected chi connectivity index (χ0v) is 12.3. The van der Waals surface area contributed by atoms with Crippen molar-refractivity contribution >= 4 is 16.0 Å². The van der Waals surface area contributed by atoms with Gasteiger partial charge in [-0.05, 0) is 13.3 Å². The van der Waals surface area contributed by atoms with Gasteiger partial charge in [-0.15, -0.1) is 0 Å². The lowest BCUT2D eigenvalue weighted by atomic mass is 10.2. The number of imidazole rings is 1. The molecule has 9 heteroatoms. The van der Waals surface area contributed by atoms with E-state index in [-0.39, 0.29) is 10.7 Å². The van der Waals surface area contributed by atoms with Crippen LogP contribution in [-0.2, 0) is 10.0 Å². The number of nitrogens with zero attached hydrogens (tertiary/aromatic N) is 1. The van der Waals surface area contributed by atoms with E-state index in [2.05, 4.69) is 14.7 Å². The number of H-pyrrole nitrogens is 1. The van der Waals surface area contributed by atoms with Crippen LogP contribution in [0.2, 0.25) is 0 Å². The summed E-state index contributed by atoms with van der Waals surface area (Å²) in [5, 5.41) is 8.84. The second-order valence-corrected chi connectivity index (χ2v) is 6.08. The summed E-state index contributed by atoms with van der Waals surface area (Å²) in [6, 6.07) is 0.460. The SMILES string of the molecule is CCC(NS(=O)(=O)c1cc(C(=O)O)oc1C)c1ncc[nH]1. The molecule has 21 heavy (non-hydrogen) atoms. The third kappa shape index (κ3) is 3.14. The van der Waals surface area contributed by atoms with Crippen molar-refractivity contribution in [2.75, 3.05) is 0 Å². The smallest absolute Gasteiger partial charge is 0.371 e. The lowest BCUT2D eigenvalue weighted by molar-refractivity contribution is 0.0661. The van der Waals surface area contributed by atoms with E-state index in [1.165, 1.54) is 13.1 Å². The van der Waals surface area contributed by atoms with Crippen molar-refractivity contribution in [3.63, 3.8) is 0 Å². The van der Waals surface area contributed by atoms with Crippen LogP contribution < -0.4 is 4.72 Å². The van der Waals surface area contributed by atoms with Crippen molar-refractivity contribution in [2.45, 2.75) is 31.2 Å².